The number of halogens is 12. The van der Waals surface area contributed by atoms with Crippen molar-refractivity contribution in [3.8, 4) is 39.1 Å². The number of alkyl halides is 9. The van der Waals surface area contributed by atoms with Gasteiger partial charge in [-0.2, -0.15) is 26.3 Å². The molecule has 0 saturated carbocycles. The lowest BCUT2D eigenvalue weighted by Crippen LogP contribution is -2.29. The van der Waals surface area contributed by atoms with E-state index in [1.807, 2.05) is 0 Å². The predicted octanol–water partition coefficient (Wildman–Crippen LogP) is 13.8. The lowest BCUT2D eigenvalue weighted by atomic mass is 9.94. The monoisotopic (exact) mass is 996 g/mol. The van der Waals surface area contributed by atoms with E-state index in [0.29, 0.717) is 29.8 Å². The molecule has 0 saturated heterocycles. The van der Waals surface area contributed by atoms with Crippen molar-refractivity contribution in [3.05, 3.63) is 170 Å². The highest BCUT2D eigenvalue weighted by molar-refractivity contribution is 6.31. The predicted molar refractivity (Wildman–Crippen MR) is 225 cm³/mol. The highest BCUT2D eigenvalue weighted by Crippen LogP contribution is 2.40. The molecule has 8 nitrogen and oxygen atoms in total. The summed E-state index contributed by atoms with van der Waals surface area (Å²) >= 11 is 19.0. The van der Waals surface area contributed by atoms with Crippen molar-refractivity contribution in [1.29, 1.82) is 0 Å². The van der Waals surface area contributed by atoms with Gasteiger partial charge in [0.25, 0.3) is 0 Å². The molecule has 0 spiro atoms. The van der Waals surface area contributed by atoms with Crippen molar-refractivity contribution in [1.82, 2.24) is 0 Å². The third-order valence-electron chi connectivity index (χ3n) is 9.57. The number of hydrogen-bond donors (Lipinski definition) is 0. The maximum atomic E-state index is 14.7. The minimum Gasteiger partial charge on any atom is -0.445 e. The van der Waals surface area contributed by atoms with Crippen LogP contribution in [0.25, 0.3) is 33.4 Å². The molecule has 0 aliphatic rings. The van der Waals surface area contributed by atoms with Gasteiger partial charge in [-0.25, -0.2) is 9.59 Å². The molecule has 2 atom stereocenters. The molecule has 6 rings (SSSR count). The van der Waals surface area contributed by atoms with Gasteiger partial charge in [-0.3, -0.25) is 9.59 Å². The molecule has 0 aliphatic carbocycles. The summed E-state index contributed by atoms with van der Waals surface area (Å²) in [4.78, 5) is 54.7. The standard InChI is InChI=1S/C47H28Cl3F9O8/c1-24(60)64-43(62)42(39-23-33(50)13-18-37(39)27-3-2-4-31(48)20-27)66-44(63)41(38-22-32(49)12-17-36(38)26-7-14-34(15-8-26)67-47(57,58)59)65-40(61)21-28-19-30(46(54,55)56)11-16-35(28)25-5-9-29(10-6-25)45(51,52)53/h2-20,22-23,41-42H,21H2,1H3. The first-order chi connectivity index (χ1) is 31.4. The smallest absolute Gasteiger partial charge is 0.445 e. The number of esters is 4. The van der Waals surface area contributed by atoms with Crippen LogP contribution in [0.2, 0.25) is 15.1 Å². The number of carbonyl (C=O) groups is 4. The number of rotatable bonds is 12. The lowest BCUT2D eigenvalue weighted by molar-refractivity contribution is -0.274. The maximum Gasteiger partial charge on any atom is 0.573 e. The molecule has 0 heterocycles. The maximum absolute atomic E-state index is 14.7. The first-order valence-corrected chi connectivity index (χ1v) is 20.2. The Morgan fingerprint density at radius 3 is 1.55 bits per heavy atom. The van der Waals surface area contributed by atoms with Gasteiger partial charge in [0, 0.05) is 33.1 Å². The van der Waals surface area contributed by atoms with Crippen LogP contribution in [0.15, 0.2) is 127 Å². The third-order valence-corrected chi connectivity index (χ3v) is 10.3. The molecule has 20 heteroatoms. The van der Waals surface area contributed by atoms with Gasteiger partial charge in [-0.1, -0.05) is 89.4 Å². The average Bonchev–Trinajstić information content (AvgIpc) is 3.23. The van der Waals surface area contributed by atoms with E-state index in [4.69, 9.17) is 49.0 Å². The molecule has 0 bridgehead atoms. The molecule has 0 amide bonds. The number of benzene rings is 6. The van der Waals surface area contributed by atoms with Crippen LogP contribution < -0.4 is 4.74 Å². The largest absolute Gasteiger partial charge is 0.573 e. The van der Waals surface area contributed by atoms with E-state index in [2.05, 4.69) is 4.74 Å². The van der Waals surface area contributed by atoms with Gasteiger partial charge in [0.05, 0.1) is 17.5 Å². The van der Waals surface area contributed by atoms with E-state index >= 15 is 0 Å². The van der Waals surface area contributed by atoms with Crippen LogP contribution in [0.1, 0.15) is 46.9 Å². The van der Waals surface area contributed by atoms with E-state index in [9.17, 15) is 58.7 Å². The summed E-state index contributed by atoms with van der Waals surface area (Å²) in [6.07, 6.45) is -20.4. The Bertz CT molecular complexity index is 2830. The fourth-order valence-electron chi connectivity index (χ4n) is 6.73. The van der Waals surface area contributed by atoms with E-state index in [-0.39, 0.29) is 54.0 Å². The molecule has 0 fully saturated rings. The minimum atomic E-state index is -5.07. The van der Waals surface area contributed by atoms with E-state index in [1.165, 1.54) is 42.5 Å². The van der Waals surface area contributed by atoms with E-state index in [0.717, 1.165) is 55.5 Å². The van der Waals surface area contributed by atoms with Gasteiger partial charge >= 0.3 is 42.6 Å². The number of hydrogen-bond acceptors (Lipinski definition) is 8. The van der Waals surface area contributed by atoms with Crippen LogP contribution in [-0.4, -0.2) is 30.2 Å². The summed E-state index contributed by atoms with van der Waals surface area (Å²) in [5.41, 5.74) is -2.94. The Kier molecular flexibility index (Phi) is 15.0. The molecule has 6 aromatic rings. The highest BCUT2D eigenvalue weighted by Gasteiger charge is 2.38. The summed E-state index contributed by atoms with van der Waals surface area (Å²) in [6, 6.07) is 23.3. The molecule has 0 aliphatic heterocycles. The van der Waals surface area contributed by atoms with Gasteiger partial charge in [0.15, 0.2) is 0 Å². The molecule has 6 aromatic carbocycles. The van der Waals surface area contributed by atoms with Crippen LogP contribution in [0.4, 0.5) is 39.5 Å². The average molecular weight is 998 g/mol. The normalized spacial score (nSPS) is 12.7. The molecule has 67 heavy (non-hydrogen) atoms. The summed E-state index contributed by atoms with van der Waals surface area (Å²) in [7, 11) is 0. The SMILES string of the molecule is CC(=O)OC(=O)C(OC(=O)C(OC(=O)Cc1cc(C(F)(F)F)ccc1-c1ccc(C(F)(F)F)cc1)c1cc(Cl)ccc1-c1ccc(OC(F)(F)F)cc1)c1cc(Cl)ccc1-c1cccc(Cl)c1. The van der Waals surface area contributed by atoms with Crippen LogP contribution in [0, 0.1) is 0 Å². The van der Waals surface area contributed by atoms with Crippen molar-refractivity contribution in [2.24, 2.45) is 0 Å². The summed E-state index contributed by atoms with van der Waals surface area (Å²) < 4.78 is 142. The van der Waals surface area contributed by atoms with Crippen molar-refractivity contribution < 1.29 is 77.6 Å². The van der Waals surface area contributed by atoms with Crippen molar-refractivity contribution in [2.75, 3.05) is 0 Å². The van der Waals surface area contributed by atoms with Gasteiger partial charge in [-0.05, 0) is 112 Å². The molecule has 0 N–H and O–H groups in total. The second-order valence-electron chi connectivity index (χ2n) is 14.3. The van der Waals surface area contributed by atoms with Gasteiger partial charge in [0.2, 0.25) is 12.2 Å². The van der Waals surface area contributed by atoms with Crippen molar-refractivity contribution in [3.63, 3.8) is 0 Å². The third kappa shape index (κ3) is 12.9. The first-order valence-electron chi connectivity index (χ1n) is 19.1. The Labute approximate surface area is 388 Å². The second kappa shape index (κ2) is 20.1. The zero-order valence-corrected chi connectivity index (χ0v) is 36.1. The van der Waals surface area contributed by atoms with Crippen molar-refractivity contribution in [2.45, 2.75) is 44.3 Å². The second-order valence-corrected chi connectivity index (χ2v) is 15.6. The molecule has 348 valence electrons. The summed E-state index contributed by atoms with van der Waals surface area (Å²) in [5.74, 6) is -6.32. The fraction of sp³-hybridized carbons (Fsp3) is 0.149. The van der Waals surface area contributed by atoms with E-state index in [1.54, 1.807) is 12.1 Å². The Morgan fingerprint density at radius 2 is 1.01 bits per heavy atom. The fourth-order valence-corrected chi connectivity index (χ4v) is 7.29. The molecule has 2 unspecified atom stereocenters. The number of ether oxygens (including phenoxy) is 4. The molecule has 0 radical (unpaired) electrons. The Hall–Kier alpha value is -6.56. The van der Waals surface area contributed by atoms with Gasteiger partial charge in [-0.15, -0.1) is 13.2 Å². The van der Waals surface area contributed by atoms with Crippen LogP contribution in [-0.2, 0) is 52.2 Å². The zero-order chi connectivity index (χ0) is 49.0. The summed E-state index contributed by atoms with van der Waals surface area (Å²) in [6.45, 7) is 0.868. The lowest BCUT2D eigenvalue weighted by Gasteiger charge is -2.25. The quantitative estimate of drug-likeness (QED) is 0.0517. The van der Waals surface area contributed by atoms with Crippen LogP contribution in [0.5, 0.6) is 5.75 Å². The van der Waals surface area contributed by atoms with Crippen LogP contribution >= 0.6 is 34.8 Å². The zero-order valence-electron chi connectivity index (χ0n) is 33.8. The van der Waals surface area contributed by atoms with Crippen LogP contribution in [0.3, 0.4) is 0 Å². The van der Waals surface area contributed by atoms with E-state index < -0.39 is 83.7 Å². The summed E-state index contributed by atoms with van der Waals surface area (Å²) in [5, 5.41) is 0.0946. The first kappa shape index (κ1) is 49.9. The Morgan fingerprint density at radius 1 is 0.522 bits per heavy atom. The van der Waals surface area contributed by atoms with Gasteiger partial charge in [0.1, 0.15) is 5.75 Å². The topological polar surface area (TPSA) is 105 Å². The number of carbonyl (C=O) groups excluding carboxylic acids is 4. The highest BCUT2D eigenvalue weighted by atomic mass is 35.5. The minimum absolute atomic E-state index is 0.0135. The van der Waals surface area contributed by atoms with Gasteiger partial charge < -0.3 is 18.9 Å². The molecule has 0 aromatic heterocycles. The molecular formula is C47H28Cl3F9O8. The van der Waals surface area contributed by atoms with Crippen molar-refractivity contribution >= 4 is 58.7 Å². The molecular weight excluding hydrogens is 970 g/mol. The Balaban J connectivity index is 1.48.